The van der Waals surface area contributed by atoms with Gasteiger partial charge in [-0.1, -0.05) is 0 Å². The van der Waals surface area contributed by atoms with Gasteiger partial charge >= 0.3 is 0 Å². The van der Waals surface area contributed by atoms with E-state index in [0.29, 0.717) is 12.2 Å². The Balaban J connectivity index is 2.95. The Hall–Kier alpha value is -1.96. The summed E-state index contributed by atoms with van der Waals surface area (Å²) in [5.41, 5.74) is 5.47. The molecule has 0 aromatic heterocycles. The lowest BCUT2D eigenvalue weighted by atomic mass is 10.1. The highest BCUT2D eigenvalue weighted by Crippen LogP contribution is 2.26. The van der Waals surface area contributed by atoms with Gasteiger partial charge in [0, 0.05) is 40.5 Å². The van der Waals surface area contributed by atoms with Crippen LogP contribution in [0.5, 0.6) is 0 Å². The standard InChI is InChI=1S/C12H17N3O4S/c1-8(5-6-20(2)19)14-10-7-9(12(13)16)3-4-11(10)15(17)18/h3-4,7-8,14H,5-6H2,1-2H3,(H2,13,16). The summed E-state index contributed by atoms with van der Waals surface area (Å²) in [4.78, 5) is 21.5. The van der Waals surface area contributed by atoms with Crippen molar-refractivity contribution in [1.29, 1.82) is 0 Å². The second kappa shape index (κ2) is 6.99. The largest absolute Gasteiger partial charge is 0.377 e. The third kappa shape index (κ3) is 4.61. The molecule has 1 amide bonds. The highest BCUT2D eigenvalue weighted by atomic mass is 32.2. The van der Waals surface area contributed by atoms with E-state index in [1.54, 1.807) is 6.26 Å². The molecule has 0 radical (unpaired) electrons. The van der Waals surface area contributed by atoms with Crippen LogP contribution in [0.25, 0.3) is 0 Å². The van der Waals surface area contributed by atoms with Crippen molar-refractivity contribution in [2.24, 2.45) is 5.73 Å². The van der Waals surface area contributed by atoms with Crippen LogP contribution in [0.1, 0.15) is 23.7 Å². The molecule has 20 heavy (non-hydrogen) atoms. The van der Waals surface area contributed by atoms with Gasteiger partial charge in [0.25, 0.3) is 5.69 Å². The lowest BCUT2D eigenvalue weighted by Crippen LogP contribution is -2.19. The number of rotatable bonds is 7. The zero-order chi connectivity index (χ0) is 15.3. The first-order valence-electron chi connectivity index (χ1n) is 5.96. The van der Waals surface area contributed by atoms with Gasteiger partial charge in [-0.05, 0) is 25.5 Å². The molecule has 1 aromatic carbocycles. The van der Waals surface area contributed by atoms with E-state index in [2.05, 4.69) is 5.32 Å². The number of carbonyl (C=O) groups is 1. The van der Waals surface area contributed by atoms with Gasteiger partial charge in [0.15, 0.2) is 0 Å². The molecule has 2 unspecified atom stereocenters. The lowest BCUT2D eigenvalue weighted by molar-refractivity contribution is -0.384. The van der Waals surface area contributed by atoms with E-state index < -0.39 is 21.6 Å². The van der Waals surface area contributed by atoms with E-state index in [1.807, 2.05) is 6.92 Å². The molecule has 1 aromatic rings. The van der Waals surface area contributed by atoms with Crippen LogP contribution >= 0.6 is 0 Å². The van der Waals surface area contributed by atoms with E-state index in [-0.39, 0.29) is 23.0 Å². The molecule has 0 aliphatic rings. The van der Waals surface area contributed by atoms with E-state index in [1.165, 1.54) is 18.2 Å². The summed E-state index contributed by atoms with van der Waals surface area (Å²) in [6.45, 7) is 1.83. The molecule has 0 heterocycles. The summed E-state index contributed by atoms with van der Waals surface area (Å²) >= 11 is 0. The first-order chi connectivity index (χ1) is 9.31. The van der Waals surface area contributed by atoms with Crippen molar-refractivity contribution in [3.8, 4) is 0 Å². The first-order valence-corrected chi connectivity index (χ1v) is 7.68. The van der Waals surface area contributed by atoms with Gasteiger partial charge < -0.3 is 11.1 Å². The molecule has 2 atom stereocenters. The number of nitrogens with two attached hydrogens (primary N) is 1. The molecule has 0 bridgehead atoms. The average molecular weight is 299 g/mol. The van der Waals surface area contributed by atoms with Crippen molar-refractivity contribution >= 4 is 28.1 Å². The molecule has 3 N–H and O–H groups in total. The lowest BCUT2D eigenvalue weighted by Gasteiger charge is -2.15. The van der Waals surface area contributed by atoms with Crippen LogP contribution in [-0.4, -0.2) is 33.1 Å². The second-order valence-corrected chi connectivity index (χ2v) is 6.02. The minimum atomic E-state index is -0.918. The second-order valence-electron chi connectivity index (χ2n) is 4.46. The van der Waals surface area contributed by atoms with Gasteiger partial charge in [0.2, 0.25) is 5.91 Å². The van der Waals surface area contributed by atoms with E-state index in [0.717, 1.165) is 0 Å². The monoisotopic (exact) mass is 299 g/mol. The number of carbonyl (C=O) groups excluding carboxylic acids is 1. The fraction of sp³-hybridized carbons (Fsp3) is 0.417. The fourth-order valence-electron chi connectivity index (χ4n) is 1.64. The van der Waals surface area contributed by atoms with E-state index >= 15 is 0 Å². The van der Waals surface area contributed by atoms with Gasteiger partial charge in [-0.3, -0.25) is 19.1 Å². The van der Waals surface area contributed by atoms with Crippen LogP contribution in [0, 0.1) is 10.1 Å². The van der Waals surface area contributed by atoms with Crippen molar-refractivity contribution in [3.05, 3.63) is 33.9 Å². The number of hydrogen-bond acceptors (Lipinski definition) is 5. The minimum absolute atomic E-state index is 0.110. The maximum atomic E-state index is 11.1. The van der Waals surface area contributed by atoms with Crippen LogP contribution in [0.2, 0.25) is 0 Å². The predicted octanol–water partition coefficient (Wildman–Crippen LogP) is 1.26. The average Bonchev–Trinajstić information content (AvgIpc) is 2.35. The van der Waals surface area contributed by atoms with Gasteiger partial charge in [0.05, 0.1) is 4.92 Å². The Morgan fingerprint density at radius 2 is 2.20 bits per heavy atom. The Kier molecular flexibility index (Phi) is 5.63. The quantitative estimate of drug-likeness (QED) is 0.581. The molecule has 110 valence electrons. The number of nitro benzene ring substituents is 1. The Labute approximate surface area is 119 Å². The Bertz CT molecular complexity index is 548. The molecule has 0 fully saturated rings. The molecule has 0 saturated carbocycles. The van der Waals surface area contributed by atoms with Crippen molar-refractivity contribution in [3.63, 3.8) is 0 Å². The maximum absolute atomic E-state index is 11.1. The highest BCUT2D eigenvalue weighted by molar-refractivity contribution is 7.84. The number of amides is 1. The molecule has 1 rings (SSSR count). The van der Waals surface area contributed by atoms with Crippen LogP contribution in [0.15, 0.2) is 18.2 Å². The van der Waals surface area contributed by atoms with Gasteiger partial charge in [-0.2, -0.15) is 0 Å². The molecule has 0 aliphatic carbocycles. The van der Waals surface area contributed by atoms with Crippen molar-refractivity contribution in [2.45, 2.75) is 19.4 Å². The smallest absolute Gasteiger partial charge is 0.292 e. The van der Waals surface area contributed by atoms with Gasteiger partial charge in [-0.15, -0.1) is 0 Å². The number of nitrogens with zero attached hydrogens (tertiary/aromatic N) is 1. The maximum Gasteiger partial charge on any atom is 0.292 e. The molecule has 0 spiro atoms. The predicted molar refractivity (Wildman–Crippen MR) is 78.2 cm³/mol. The van der Waals surface area contributed by atoms with Gasteiger partial charge in [-0.25, -0.2) is 0 Å². The molecule has 0 saturated heterocycles. The summed E-state index contributed by atoms with van der Waals surface area (Å²) in [7, 11) is -0.918. The SMILES string of the molecule is CC(CCS(C)=O)Nc1cc(C(N)=O)ccc1[N+](=O)[O-]. The van der Waals surface area contributed by atoms with Crippen molar-refractivity contribution < 1.29 is 13.9 Å². The topological polar surface area (TPSA) is 115 Å². The van der Waals surface area contributed by atoms with E-state index in [4.69, 9.17) is 5.73 Å². The summed E-state index contributed by atoms with van der Waals surface area (Å²) in [5, 5.41) is 13.9. The van der Waals surface area contributed by atoms with Gasteiger partial charge in [0.1, 0.15) is 5.69 Å². The number of hydrogen-bond donors (Lipinski definition) is 2. The molecule has 7 nitrogen and oxygen atoms in total. The van der Waals surface area contributed by atoms with Crippen LogP contribution < -0.4 is 11.1 Å². The third-order valence-corrected chi connectivity index (χ3v) is 3.53. The molecule has 0 aliphatic heterocycles. The number of anilines is 1. The Morgan fingerprint density at radius 3 is 2.70 bits per heavy atom. The fourth-order valence-corrected chi connectivity index (χ4v) is 2.33. The highest BCUT2D eigenvalue weighted by Gasteiger charge is 2.17. The summed E-state index contributed by atoms with van der Waals surface area (Å²) < 4.78 is 11.0. The summed E-state index contributed by atoms with van der Waals surface area (Å²) in [6.07, 6.45) is 2.20. The normalized spacial score (nSPS) is 13.5. The molecular formula is C12H17N3O4S. The number of nitro groups is 1. The van der Waals surface area contributed by atoms with E-state index in [9.17, 15) is 19.1 Å². The Morgan fingerprint density at radius 1 is 1.55 bits per heavy atom. The summed E-state index contributed by atoms with van der Waals surface area (Å²) in [6, 6.07) is 3.81. The minimum Gasteiger partial charge on any atom is -0.377 e. The number of primary amides is 1. The molecule has 8 heteroatoms. The summed E-state index contributed by atoms with van der Waals surface area (Å²) in [5.74, 6) is -0.150. The van der Waals surface area contributed by atoms with Crippen LogP contribution in [-0.2, 0) is 10.8 Å². The zero-order valence-corrected chi connectivity index (χ0v) is 12.1. The van der Waals surface area contributed by atoms with Crippen molar-refractivity contribution in [2.75, 3.05) is 17.3 Å². The zero-order valence-electron chi connectivity index (χ0n) is 11.3. The first kappa shape index (κ1) is 16.1. The van der Waals surface area contributed by atoms with Crippen LogP contribution in [0.3, 0.4) is 0 Å². The van der Waals surface area contributed by atoms with Crippen molar-refractivity contribution in [1.82, 2.24) is 0 Å². The number of benzene rings is 1. The molecular weight excluding hydrogens is 282 g/mol. The van der Waals surface area contributed by atoms with Crippen LogP contribution in [0.4, 0.5) is 11.4 Å². The number of nitrogens with one attached hydrogen (secondary N) is 1. The third-order valence-electron chi connectivity index (χ3n) is 2.72.